The second kappa shape index (κ2) is 7.18. The molecule has 112 valence electrons. The standard InChI is InChI=1S/C15H24N2O2S/c1-11(2)12-5-4-7-17(8-6-12)15-16-13(10-19-3)14(9-18)20-15/h9,11-12H,4-8,10H2,1-3H3. The molecule has 20 heavy (non-hydrogen) atoms. The highest BCUT2D eigenvalue weighted by Gasteiger charge is 2.22. The van der Waals surface area contributed by atoms with Gasteiger partial charge in [-0.25, -0.2) is 4.98 Å². The molecule has 2 rings (SSSR count). The fraction of sp³-hybridized carbons (Fsp3) is 0.733. The van der Waals surface area contributed by atoms with Crippen LogP contribution in [-0.4, -0.2) is 31.5 Å². The van der Waals surface area contributed by atoms with E-state index < -0.39 is 0 Å². The Morgan fingerprint density at radius 2 is 2.25 bits per heavy atom. The van der Waals surface area contributed by atoms with E-state index in [0.29, 0.717) is 11.5 Å². The second-order valence-electron chi connectivity index (χ2n) is 5.78. The molecule has 1 aromatic heterocycles. The summed E-state index contributed by atoms with van der Waals surface area (Å²) in [5.74, 6) is 1.56. The number of aldehydes is 1. The number of hydrogen-bond donors (Lipinski definition) is 0. The lowest BCUT2D eigenvalue weighted by Crippen LogP contribution is -2.24. The number of anilines is 1. The monoisotopic (exact) mass is 296 g/mol. The summed E-state index contributed by atoms with van der Waals surface area (Å²) in [6.07, 6.45) is 4.61. The number of carbonyl (C=O) groups excluding carboxylic acids is 1. The number of thiazole rings is 1. The zero-order chi connectivity index (χ0) is 14.5. The highest BCUT2D eigenvalue weighted by molar-refractivity contribution is 7.17. The molecule has 0 spiro atoms. The fourth-order valence-corrected chi connectivity index (χ4v) is 3.73. The smallest absolute Gasteiger partial charge is 0.186 e. The highest BCUT2D eigenvalue weighted by atomic mass is 32.1. The summed E-state index contributed by atoms with van der Waals surface area (Å²) in [6.45, 7) is 7.12. The van der Waals surface area contributed by atoms with Crippen molar-refractivity contribution in [2.75, 3.05) is 25.1 Å². The number of methoxy groups -OCH3 is 1. The highest BCUT2D eigenvalue weighted by Crippen LogP contribution is 2.30. The van der Waals surface area contributed by atoms with E-state index in [1.54, 1.807) is 7.11 Å². The molecular formula is C15H24N2O2S. The molecule has 5 heteroatoms. The van der Waals surface area contributed by atoms with Crippen LogP contribution in [0.25, 0.3) is 0 Å². The minimum Gasteiger partial charge on any atom is -0.378 e. The van der Waals surface area contributed by atoms with Crippen LogP contribution in [-0.2, 0) is 11.3 Å². The summed E-state index contributed by atoms with van der Waals surface area (Å²) in [7, 11) is 1.63. The summed E-state index contributed by atoms with van der Waals surface area (Å²) in [4.78, 5) is 18.7. The van der Waals surface area contributed by atoms with Crippen molar-refractivity contribution < 1.29 is 9.53 Å². The van der Waals surface area contributed by atoms with Crippen LogP contribution in [0.5, 0.6) is 0 Å². The van der Waals surface area contributed by atoms with E-state index in [9.17, 15) is 4.79 Å². The Hall–Kier alpha value is -0.940. The summed E-state index contributed by atoms with van der Waals surface area (Å²) < 4.78 is 5.11. The van der Waals surface area contributed by atoms with E-state index in [2.05, 4.69) is 23.7 Å². The zero-order valence-electron chi connectivity index (χ0n) is 12.6. The van der Waals surface area contributed by atoms with Crippen molar-refractivity contribution in [1.29, 1.82) is 0 Å². The molecule has 1 fully saturated rings. The van der Waals surface area contributed by atoms with Crippen LogP contribution in [0.2, 0.25) is 0 Å². The van der Waals surface area contributed by atoms with E-state index >= 15 is 0 Å². The van der Waals surface area contributed by atoms with Crippen LogP contribution in [0.4, 0.5) is 5.13 Å². The molecule has 1 saturated heterocycles. The molecule has 0 radical (unpaired) electrons. The Labute approximate surface area is 125 Å². The third-order valence-corrected chi connectivity index (χ3v) is 5.17. The van der Waals surface area contributed by atoms with Gasteiger partial charge in [-0.3, -0.25) is 4.79 Å². The van der Waals surface area contributed by atoms with Gasteiger partial charge in [-0.1, -0.05) is 25.2 Å². The van der Waals surface area contributed by atoms with Gasteiger partial charge in [-0.15, -0.1) is 0 Å². The number of carbonyl (C=O) groups is 1. The van der Waals surface area contributed by atoms with Crippen LogP contribution >= 0.6 is 11.3 Å². The van der Waals surface area contributed by atoms with Gasteiger partial charge in [0, 0.05) is 20.2 Å². The average molecular weight is 296 g/mol. The third kappa shape index (κ3) is 3.58. The Balaban J connectivity index is 2.09. The summed E-state index contributed by atoms with van der Waals surface area (Å²) in [5, 5.41) is 0.976. The predicted molar refractivity (Wildman–Crippen MR) is 82.6 cm³/mol. The molecule has 0 amide bonds. The van der Waals surface area contributed by atoms with E-state index in [1.807, 2.05) is 0 Å². The Bertz CT molecular complexity index is 445. The largest absolute Gasteiger partial charge is 0.378 e. The topological polar surface area (TPSA) is 42.4 Å². The minimum atomic E-state index is 0.410. The molecule has 0 aromatic carbocycles. The average Bonchev–Trinajstić information content (AvgIpc) is 2.67. The van der Waals surface area contributed by atoms with Crippen molar-refractivity contribution in [2.24, 2.45) is 11.8 Å². The first-order valence-corrected chi connectivity index (χ1v) is 8.16. The van der Waals surface area contributed by atoms with E-state index in [1.165, 1.54) is 30.6 Å². The first kappa shape index (κ1) is 15.4. The predicted octanol–water partition coefficient (Wildman–Crippen LogP) is 3.36. The molecule has 4 nitrogen and oxygen atoms in total. The van der Waals surface area contributed by atoms with Crippen LogP contribution < -0.4 is 4.90 Å². The van der Waals surface area contributed by atoms with Crippen molar-refractivity contribution in [2.45, 2.75) is 39.7 Å². The SMILES string of the molecule is COCc1nc(N2CCCC(C(C)C)CC2)sc1C=O. The molecule has 1 aliphatic rings. The van der Waals surface area contributed by atoms with Gasteiger partial charge in [0.05, 0.1) is 17.2 Å². The van der Waals surface area contributed by atoms with Gasteiger partial charge in [0.1, 0.15) is 0 Å². The van der Waals surface area contributed by atoms with Crippen molar-refractivity contribution in [1.82, 2.24) is 4.98 Å². The quantitative estimate of drug-likeness (QED) is 0.781. The molecule has 0 N–H and O–H groups in total. The number of ether oxygens (including phenoxy) is 1. The van der Waals surface area contributed by atoms with Gasteiger partial charge in [0.15, 0.2) is 11.4 Å². The third-order valence-electron chi connectivity index (χ3n) is 4.09. The maximum Gasteiger partial charge on any atom is 0.186 e. The van der Waals surface area contributed by atoms with Gasteiger partial charge < -0.3 is 9.64 Å². The first-order valence-electron chi connectivity index (χ1n) is 7.34. The second-order valence-corrected chi connectivity index (χ2v) is 6.79. The summed E-state index contributed by atoms with van der Waals surface area (Å²) in [6, 6.07) is 0. The number of hydrogen-bond acceptors (Lipinski definition) is 5. The molecule has 1 atom stereocenters. The van der Waals surface area contributed by atoms with E-state index in [4.69, 9.17) is 4.74 Å². The molecular weight excluding hydrogens is 272 g/mol. The maximum atomic E-state index is 11.1. The number of rotatable bonds is 5. The summed E-state index contributed by atoms with van der Waals surface area (Å²) in [5.41, 5.74) is 0.771. The Morgan fingerprint density at radius 1 is 1.45 bits per heavy atom. The van der Waals surface area contributed by atoms with Crippen molar-refractivity contribution in [3.63, 3.8) is 0 Å². The van der Waals surface area contributed by atoms with Gasteiger partial charge in [-0.05, 0) is 31.1 Å². The van der Waals surface area contributed by atoms with Crippen LogP contribution in [0.15, 0.2) is 0 Å². The van der Waals surface area contributed by atoms with E-state index in [-0.39, 0.29) is 0 Å². The molecule has 0 bridgehead atoms. The lowest BCUT2D eigenvalue weighted by atomic mass is 9.89. The van der Waals surface area contributed by atoms with Crippen LogP contribution in [0, 0.1) is 11.8 Å². The van der Waals surface area contributed by atoms with Gasteiger partial charge in [-0.2, -0.15) is 0 Å². The lowest BCUT2D eigenvalue weighted by Gasteiger charge is -2.20. The summed E-state index contributed by atoms with van der Waals surface area (Å²) >= 11 is 1.49. The van der Waals surface area contributed by atoms with Gasteiger partial charge in [0.25, 0.3) is 0 Å². The number of nitrogens with zero attached hydrogens (tertiary/aromatic N) is 2. The molecule has 0 saturated carbocycles. The molecule has 0 aliphatic carbocycles. The number of aromatic nitrogens is 1. The van der Waals surface area contributed by atoms with Crippen LogP contribution in [0.3, 0.4) is 0 Å². The van der Waals surface area contributed by atoms with E-state index in [0.717, 1.165) is 42.0 Å². The molecule has 1 aliphatic heterocycles. The normalized spacial score (nSPS) is 20.2. The van der Waals surface area contributed by atoms with Gasteiger partial charge in [0.2, 0.25) is 0 Å². The van der Waals surface area contributed by atoms with Crippen LogP contribution in [0.1, 0.15) is 48.5 Å². The van der Waals surface area contributed by atoms with Crippen molar-refractivity contribution in [3.8, 4) is 0 Å². The Morgan fingerprint density at radius 3 is 2.90 bits per heavy atom. The molecule has 1 aromatic rings. The zero-order valence-corrected chi connectivity index (χ0v) is 13.4. The van der Waals surface area contributed by atoms with Crippen molar-refractivity contribution >= 4 is 22.8 Å². The molecule has 1 unspecified atom stereocenters. The van der Waals surface area contributed by atoms with Crippen molar-refractivity contribution in [3.05, 3.63) is 10.6 Å². The fourth-order valence-electron chi connectivity index (χ4n) is 2.80. The van der Waals surface area contributed by atoms with Gasteiger partial charge >= 0.3 is 0 Å². The first-order chi connectivity index (χ1) is 9.65. The lowest BCUT2D eigenvalue weighted by molar-refractivity contribution is 0.112. The minimum absolute atomic E-state index is 0.410. The molecule has 2 heterocycles. The maximum absolute atomic E-state index is 11.1. The Kier molecular flexibility index (Phi) is 5.54.